The first-order valence-corrected chi connectivity index (χ1v) is 8.56. The lowest BCUT2D eigenvalue weighted by molar-refractivity contribution is -0.114. The molecule has 2 aromatic heterocycles. The molecular formula is C18H13FN4O2S. The lowest BCUT2D eigenvalue weighted by atomic mass is 10.1. The second-order valence-corrected chi connectivity index (χ2v) is 6.45. The van der Waals surface area contributed by atoms with Crippen LogP contribution in [0.4, 0.5) is 10.1 Å². The van der Waals surface area contributed by atoms with Crippen LogP contribution in [-0.2, 0) is 4.79 Å². The predicted octanol–water partition coefficient (Wildman–Crippen LogP) is 4.35. The summed E-state index contributed by atoms with van der Waals surface area (Å²) in [5.41, 5.74) is 2.42. The Morgan fingerprint density at radius 2 is 1.88 bits per heavy atom. The minimum atomic E-state index is -0.319. The summed E-state index contributed by atoms with van der Waals surface area (Å²) in [6.45, 7) is 1.47. The number of anilines is 1. The zero-order valence-corrected chi connectivity index (χ0v) is 14.5. The van der Waals surface area contributed by atoms with E-state index in [9.17, 15) is 9.18 Å². The van der Waals surface area contributed by atoms with E-state index in [1.807, 2.05) is 24.3 Å². The van der Waals surface area contributed by atoms with Gasteiger partial charge in [0.2, 0.25) is 10.9 Å². The Kier molecular flexibility index (Phi) is 4.10. The molecule has 0 aliphatic heterocycles. The summed E-state index contributed by atoms with van der Waals surface area (Å²) in [4.78, 5) is 16.3. The number of benzene rings is 2. The van der Waals surface area contributed by atoms with Gasteiger partial charge in [-0.25, -0.2) is 13.9 Å². The molecule has 0 radical (unpaired) electrons. The van der Waals surface area contributed by atoms with Crippen LogP contribution in [0.25, 0.3) is 16.2 Å². The minimum Gasteiger partial charge on any atom is -0.430 e. The van der Waals surface area contributed by atoms with E-state index >= 15 is 0 Å². The maximum atomic E-state index is 12.9. The predicted molar refractivity (Wildman–Crippen MR) is 97.1 cm³/mol. The molecule has 2 heterocycles. The molecular weight excluding hydrogens is 355 g/mol. The van der Waals surface area contributed by atoms with Crippen molar-refractivity contribution in [3.63, 3.8) is 0 Å². The molecule has 0 atom stereocenters. The Morgan fingerprint density at radius 1 is 1.15 bits per heavy atom. The molecule has 8 heteroatoms. The molecule has 0 aliphatic carbocycles. The number of carbonyl (C=O) groups excluding carboxylic acids is 1. The summed E-state index contributed by atoms with van der Waals surface area (Å²) >= 11 is 1.29. The van der Waals surface area contributed by atoms with Crippen molar-refractivity contribution < 1.29 is 13.9 Å². The Hall–Kier alpha value is -3.26. The fraction of sp³-hybridized carbons (Fsp3) is 0.0556. The minimum absolute atomic E-state index is 0.113. The van der Waals surface area contributed by atoms with Gasteiger partial charge in [0.05, 0.1) is 11.9 Å². The maximum absolute atomic E-state index is 12.9. The number of imidazole rings is 1. The molecule has 0 bridgehead atoms. The van der Waals surface area contributed by atoms with E-state index in [1.165, 1.54) is 30.4 Å². The van der Waals surface area contributed by atoms with Crippen molar-refractivity contribution in [3.05, 3.63) is 60.5 Å². The molecule has 0 unspecified atom stereocenters. The highest BCUT2D eigenvalue weighted by atomic mass is 32.1. The van der Waals surface area contributed by atoms with Crippen LogP contribution < -0.4 is 10.1 Å². The molecule has 4 rings (SSSR count). The highest BCUT2D eigenvalue weighted by Crippen LogP contribution is 2.29. The van der Waals surface area contributed by atoms with Crippen LogP contribution in [0.3, 0.4) is 0 Å². The smallest absolute Gasteiger partial charge is 0.299 e. The van der Waals surface area contributed by atoms with E-state index < -0.39 is 0 Å². The largest absolute Gasteiger partial charge is 0.430 e. The van der Waals surface area contributed by atoms with Gasteiger partial charge >= 0.3 is 0 Å². The quantitative estimate of drug-likeness (QED) is 0.582. The summed E-state index contributed by atoms with van der Waals surface area (Å²) in [7, 11) is 0. The van der Waals surface area contributed by atoms with E-state index in [-0.39, 0.29) is 11.7 Å². The van der Waals surface area contributed by atoms with Gasteiger partial charge < -0.3 is 10.1 Å². The molecule has 1 N–H and O–H groups in total. The van der Waals surface area contributed by atoms with E-state index in [0.717, 1.165) is 16.9 Å². The molecule has 4 aromatic rings. The van der Waals surface area contributed by atoms with Gasteiger partial charge in [0.25, 0.3) is 5.19 Å². The second-order valence-electron chi connectivity index (χ2n) is 5.54. The van der Waals surface area contributed by atoms with Crippen molar-refractivity contribution in [2.24, 2.45) is 0 Å². The van der Waals surface area contributed by atoms with Crippen LogP contribution in [0.5, 0.6) is 10.9 Å². The van der Waals surface area contributed by atoms with Crippen molar-refractivity contribution in [1.29, 1.82) is 0 Å². The molecule has 130 valence electrons. The van der Waals surface area contributed by atoms with Gasteiger partial charge in [0.1, 0.15) is 11.6 Å². The third-order valence-corrected chi connectivity index (χ3v) is 4.34. The van der Waals surface area contributed by atoms with Crippen LogP contribution in [0.2, 0.25) is 0 Å². The van der Waals surface area contributed by atoms with Gasteiger partial charge in [0, 0.05) is 18.2 Å². The topological polar surface area (TPSA) is 68.5 Å². The number of fused-ring (bicyclic) bond motifs is 1. The summed E-state index contributed by atoms with van der Waals surface area (Å²) in [6, 6.07) is 13.2. The van der Waals surface area contributed by atoms with Crippen LogP contribution in [0.1, 0.15) is 6.92 Å². The Labute approximate surface area is 151 Å². The number of carbonyl (C=O) groups is 1. The number of rotatable bonds is 4. The van der Waals surface area contributed by atoms with Gasteiger partial charge in [-0.2, -0.15) is 0 Å². The first-order valence-electron chi connectivity index (χ1n) is 7.74. The van der Waals surface area contributed by atoms with E-state index in [1.54, 1.807) is 22.8 Å². The van der Waals surface area contributed by atoms with Gasteiger partial charge in [0.15, 0.2) is 0 Å². The van der Waals surface area contributed by atoms with Crippen molar-refractivity contribution in [3.8, 4) is 22.2 Å². The zero-order chi connectivity index (χ0) is 18.1. The highest BCUT2D eigenvalue weighted by molar-refractivity contribution is 7.18. The average molecular weight is 368 g/mol. The number of hydrogen-bond acceptors (Lipinski definition) is 5. The molecule has 0 spiro atoms. The van der Waals surface area contributed by atoms with Gasteiger partial charge in [-0.1, -0.05) is 12.1 Å². The standard InChI is InChI=1S/C18H13FN4O2S/c1-11(24)20-14-6-2-12(3-7-14)16-10-23-17(21-16)26-18(22-23)25-15-8-4-13(19)5-9-15/h2-10H,1H3,(H,20,24). The highest BCUT2D eigenvalue weighted by Gasteiger charge is 2.11. The van der Waals surface area contributed by atoms with Gasteiger partial charge in [-0.05, 0) is 47.7 Å². The molecule has 1 amide bonds. The van der Waals surface area contributed by atoms with E-state index in [0.29, 0.717) is 15.9 Å². The molecule has 0 fully saturated rings. The lowest BCUT2D eigenvalue weighted by Gasteiger charge is -2.02. The third kappa shape index (κ3) is 3.40. The number of nitrogens with zero attached hydrogens (tertiary/aromatic N) is 3. The Balaban J connectivity index is 1.54. The van der Waals surface area contributed by atoms with Crippen molar-refractivity contribution in [2.75, 3.05) is 5.32 Å². The van der Waals surface area contributed by atoms with E-state index in [2.05, 4.69) is 15.4 Å². The number of nitrogens with one attached hydrogen (secondary N) is 1. The normalized spacial score (nSPS) is 10.8. The second kappa shape index (κ2) is 6.57. The van der Waals surface area contributed by atoms with Crippen LogP contribution in [-0.4, -0.2) is 20.5 Å². The third-order valence-electron chi connectivity index (χ3n) is 3.54. The fourth-order valence-electron chi connectivity index (χ4n) is 2.39. The monoisotopic (exact) mass is 368 g/mol. The van der Waals surface area contributed by atoms with Crippen LogP contribution >= 0.6 is 11.3 Å². The van der Waals surface area contributed by atoms with Crippen molar-refractivity contribution in [2.45, 2.75) is 6.92 Å². The number of halogens is 1. The molecule has 6 nitrogen and oxygen atoms in total. The zero-order valence-electron chi connectivity index (χ0n) is 13.6. The summed E-state index contributed by atoms with van der Waals surface area (Å²) in [5.74, 6) is 0.0794. The molecule has 0 aliphatic rings. The van der Waals surface area contributed by atoms with Crippen molar-refractivity contribution >= 4 is 27.9 Å². The maximum Gasteiger partial charge on any atom is 0.299 e. The van der Waals surface area contributed by atoms with Gasteiger partial charge in [-0.15, -0.1) is 5.10 Å². The van der Waals surface area contributed by atoms with Gasteiger partial charge in [-0.3, -0.25) is 4.79 Å². The number of hydrogen-bond donors (Lipinski definition) is 1. The molecule has 26 heavy (non-hydrogen) atoms. The first-order chi connectivity index (χ1) is 12.6. The lowest BCUT2D eigenvalue weighted by Crippen LogP contribution is -2.05. The fourth-order valence-corrected chi connectivity index (χ4v) is 3.15. The van der Waals surface area contributed by atoms with Crippen LogP contribution in [0, 0.1) is 5.82 Å². The Bertz CT molecular complexity index is 1040. The summed E-state index contributed by atoms with van der Waals surface area (Å²) in [6.07, 6.45) is 1.80. The Morgan fingerprint density at radius 3 is 2.54 bits per heavy atom. The SMILES string of the molecule is CC(=O)Nc1ccc(-c2cn3nc(Oc4ccc(F)cc4)sc3n2)cc1. The number of amides is 1. The summed E-state index contributed by atoms with van der Waals surface area (Å²) < 4.78 is 20.2. The first kappa shape index (κ1) is 16.2. The average Bonchev–Trinajstić information content (AvgIpc) is 3.15. The van der Waals surface area contributed by atoms with Crippen LogP contribution in [0.15, 0.2) is 54.7 Å². The van der Waals surface area contributed by atoms with Crippen molar-refractivity contribution in [1.82, 2.24) is 14.6 Å². The number of aromatic nitrogens is 3. The molecule has 2 aromatic carbocycles. The number of ether oxygens (including phenoxy) is 1. The molecule has 0 saturated heterocycles. The summed E-state index contributed by atoms with van der Waals surface area (Å²) in [5, 5.41) is 7.48. The molecule has 0 saturated carbocycles. The van der Waals surface area contributed by atoms with E-state index in [4.69, 9.17) is 4.74 Å².